The van der Waals surface area contributed by atoms with Crippen molar-refractivity contribution in [3.05, 3.63) is 60.7 Å². The van der Waals surface area contributed by atoms with E-state index in [2.05, 4.69) is 0 Å². The van der Waals surface area contributed by atoms with E-state index in [1.807, 2.05) is 60.7 Å². The second kappa shape index (κ2) is 4.19. The van der Waals surface area contributed by atoms with Gasteiger partial charge in [-0.25, -0.2) is 0 Å². The van der Waals surface area contributed by atoms with Gasteiger partial charge in [-0.05, 0) is 10.4 Å². The number of benzene rings is 2. The molecular formula is C12H11ClOSi. The van der Waals surface area contributed by atoms with Crippen LogP contribution in [0.1, 0.15) is 0 Å². The molecule has 0 aliphatic heterocycles. The Morgan fingerprint density at radius 3 is 1.40 bits per heavy atom. The normalized spacial score (nSPS) is 11.3. The average molecular weight is 235 g/mol. The van der Waals surface area contributed by atoms with Crippen LogP contribution in [0.15, 0.2) is 60.7 Å². The molecule has 0 heterocycles. The monoisotopic (exact) mass is 234 g/mol. The lowest BCUT2D eigenvalue weighted by Gasteiger charge is -2.17. The van der Waals surface area contributed by atoms with Crippen LogP contribution in [0.4, 0.5) is 0 Å². The standard InChI is InChI=1S/C12H11ClOSi/c13-15(14,11-7-3-1-4-8-11)12-9-5-2-6-10-12/h1-10,14H. The summed E-state index contributed by atoms with van der Waals surface area (Å²) in [6, 6.07) is 18.8. The van der Waals surface area contributed by atoms with Crippen LogP contribution in [0, 0.1) is 0 Å². The van der Waals surface area contributed by atoms with E-state index in [1.54, 1.807) is 0 Å². The molecule has 0 bridgehead atoms. The van der Waals surface area contributed by atoms with Gasteiger partial charge in [0.2, 0.25) is 0 Å². The van der Waals surface area contributed by atoms with E-state index in [-0.39, 0.29) is 0 Å². The molecule has 2 rings (SSSR count). The number of hydrogen-bond donors (Lipinski definition) is 1. The van der Waals surface area contributed by atoms with Crippen molar-refractivity contribution in [2.24, 2.45) is 0 Å². The Hall–Kier alpha value is -1.09. The van der Waals surface area contributed by atoms with Crippen molar-refractivity contribution in [2.45, 2.75) is 0 Å². The largest absolute Gasteiger partial charge is 0.413 e. The third-order valence-corrected chi connectivity index (χ3v) is 5.82. The van der Waals surface area contributed by atoms with Crippen molar-refractivity contribution in [2.75, 3.05) is 0 Å². The highest BCUT2D eigenvalue weighted by molar-refractivity contribution is 7.30. The zero-order valence-electron chi connectivity index (χ0n) is 8.10. The average Bonchev–Trinajstić information content (AvgIpc) is 2.31. The van der Waals surface area contributed by atoms with Crippen LogP contribution in [0.3, 0.4) is 0 Å². The molecule has 15 heavy (non-hydrogen) atoms. The molecule has 0 aromatic heterocycles. The maximum absolute atomic E-state index is 10.4. The molecule has 76 valence electrons. The van der Waals surface area contributed by atoms with E-state index in [1.165, 1.54) is 0 Å². The molecule has 0 amide bonds. The quantitative estimate of drug-likeness (QED) is 0.617. The molecule has 1 nitrogen and oxygen atoms in total. The first-order valence-electron chi connectivity index (χ1n) is 4.73. The van der Waals surface area contributed by atoms with Crippen LogP contribution in [-0.2, 0) is 0 Å². The smallest absolute Gasteiger partial charge is 0.352 e. The predicted molar refractivity (Wildman–Crippen MR) is 66.0 cm³/mol. The molecule has 1 N–H and O–H groups in total. The third-order valence-electron chi connectivity index (χ3n) is 2.31. The lowest BCUT2D eigenvalue weighted by atomic mass is 10.4. The zero-order chi connectivity index (χ0) is 10.7. The van der Waals surface area contributed by atoms with E-state index in [0.29, 0.717) is 0 Å². The Morgan fingerprint density at radius 1 is 0.733 bits per heavy atom. The lowest BCUT2D eigenvalue weighted by Crippen LogP contribution is -2.53. The van der Waals surface area contributed by atoms with Crippen molar-refractivity contribution in [1.82, 2.24) is 0 Å². The van der Waals surface area contributed by atoms with Crippen molar-refractivity contribution in [3.63, 3.8) is 0 Å². The lowest BCUT2D eigenvalue weighted by molar-refractivity contribution is 0.591. The highest BCUT2D eigenvalue weighted by atomic mass is 35.6. The Morgan fingerprint density at radius 2 is 1.07 bits per heavy atom. The summed E-state index contributed by atoms with van der Waals surface area (Å²) in [7, 11) is -2.98. The summed E-state index contributed by atoms with van der Waals surface area (Å²) in [5, 5.41) is 1.63. The Labute approximate surface area is 94.8 Å². The minimum atomic E-state index is -2.98. The van der Waals surface area contributed by atoms with Crippen LogP contribution >= 0.6 is 11.1 Å². The molecule has 0 radical (unpaired) electrons. The highest BCUT2D eigenvalue weighted by Gasteiger charge is 2.33. The molecular weight excluding hydrogens is 224 g/mol. The highest BCUT2D eigenvalue weighted by Crippen LogP contribution is 2.06. The van der Waals surface area contributed by atoms with Crippen molar-refractivity contribution < 1.29 is 4.80 Å². The zero-order valence-corrected chi connectivity index (χ0v) is 9.85. The van der Waals surface area contributed by atoms with Crippen molar-refractivity contribution >= 4 is 29.1 Å². The van der Waals surface area contributed by atoms with Gasteiger partial charge in [0, 0.05) is 0 Å². The number of halogens is 1. The maximum atomic E-state index is 10.4. The summed E-state index contributed by atoms with van der Waals surface area (Å²) in [5.41, 5.74) is 0. The predicted octanol–water partition coefficient (Wildman–Crippen LogP) is 1.47. The summed E-state index contributed by atoms with van der Waals surface area (Å²) in [5.74, 6) is 0. The second-order valence-corrected chi connectivity index (χ2v) is 7.39. The SMILES string of the molecule is O[Si](Cl)(c1ccccc1)c1ccccc1. The fraction of sp³-hybridized carbons (Fsp3) is 0. The third kappa shape index (κ3) is 2.12. The van der Waals surface area contributed by atoms with Crippen LogP contribution in [0.25, 0.3) is 0 Å². The molecule has 0 aliphatic carbocycles. The summed E-state index contributed by atoms with van der Waals surface area (Å²) in [6.45, 7) is 0. The fourth-order valence-corrected chi connectivity index (χ4v) is 3.84. The molecule has 0 aliphatic rings. The van der Waals surface area contributed by atoms with Crippen LogP contribution in [0.5, 0.6) is 0 Å². The number of hydrogen-bond acceptors (Lipinski definition) is 1. The molecule has 0 saturated heterocycles. The second-order valence-electron chi connectivity index (χ2n) is 3.35. The molecule has 2 aromatic rings. The Kier molecular flexibility index (Phi) is 2.91. The first-order valence-corrected chi connectivity index (χ1v) is 7.69. The molecule has 2 aromatic carbocycles. The van der Waals surface area contributed by atoms with Crippen LogP contribution < -0.4 is 10.4 Å². The van der Waals surface area contributed by atoms with Gasteiger partial charge in [0.15, 0.2) is 0 Å². The molecule has 0 atom stereocenters. The van der Waals surface area contributed by atoms with Gasteiger partial charge < -0.3 is 4.80 Å². The first-order chi connectivity index (χ1) is 7.21. The van der Waals surface area contributed by atoms with Gasteiger partial charge in [0.1, 0.15) is 0 Å². The number of rotatable bonds is 2. The van der Waals surface area contributed by atoms with Gasteiger partial charge in [-0.2, -0.15) is 0 Å². The van der Waals surface area contributed by atoms with Crippen molar-refractivity contribution in [1.29, 1.82) is 0 Å². The molecule has 0 spiro atoms. The molecule has 0 unspecified atom stereocenters. The maximum Gasteiger partial charge on any atom is 0.352 e. The minimum absolute atomic E-state index is 0.817. The molecule has 3 heteroatoms. The van der Waals surface area contributed by atoms with E-state index in [0.717, 1.165) is 10.4 Å². The van der Waals surface area contributed by atoms with E-state index < -0.39 is 7.63 Å². The summed E-state index contributed by atoms with van der Waals surface area (Å²) in [4.78, 5) is 10.4. The summed E-state index contributed by atoms with van der Waals surface area (Å²) >= 11 is 6.28. The minimum Gasteiger partial charge on any atom is -0.413 e. The Balaban J connectivity index is 2.44. The molecule has 0 fully saturated rings. The van der Waals surface area contributed by atoms with Gasteiger partial charge in [-0.15, -0.1) is 11.1 Å². The van der Waals surface area contributed by atoms with Crippen LogP contribution in [0.2, 0.25) is 0 Å². The van der Waals surface area contributed by atoms with Crippen LogP contribution in [-0.4, -0.2) is 12.4 Å². The summed E-state index contributed by atoms with van der Waals surface area (Å²) < 4.78 is 0. The fourth-order valence-electron chi connectivity index (χ4n) is 1.48. The van der Waals surface area contributed by atoms with Gasteiger partial charge in [-0.3, -0.25) is 0 Å². The van der Waals surface area contributed by atoms with Crippen molar-refractivity contribution in [3.8, 4) is 0 Å². The topological polar surface area (TPSA) is 20.2 Å². The van der Waals surface area contributed by atoms with Gasteiger partial charge in [-0.1, -0.05) is 60.7 Å². The van der Waals surface area contributed by atoms with E-state index in [9.17, 15) is 4.80 Å². The van der Waals surface area contributed by atoms with Gasteiger partial charge in [0.05, 0.1) is 0 Å². The summed E-state index contributed by atoms with van der Waals surface area (Å²) in [6.07, 6.45) is 0. The van der Waals surface area contributed by atoms with Gasteiger partial charge in [0.25, 0.3) is 0 Å². The van der Waals surface area contributed by atoms with Gasteiger partial charge >= 0.3 is 7.63 Å². The van der Waals surface area contributed by atoms with E-state index in [4.69, 9.17) is 11.1 Å². The Bertz CT molecular complexity index is 386. The first kappa shape index (κ1) is 10.4. The molecule has 0 saturated carbocycles. The van der Waals surface area contributed by atoms with E-state index >= 15 is 0 Å².